The molecule has 2 aromatic rings. The van der Waals surface area contributed by atoms with Gasteiger partial charge in [-0.05, 0) is 50.6 Å². The number of piperazine rings is 1. The zero-order chi connectivity index (χ0) is 23.3. The Kier molecular flexibility index (Phi) is 7.48. The summed E-state index contributed by atoms with van der Waals surface area (Å²) in [6, 6.07) is 12.1. The van der Waals surface area contributed by atoms with Crippen LogP contribution in [0.5, 0.6) is 0 Å². The molecule has 8 nitrogen and oxygen atoms in total. The van der Waals surface area contributed by atoms with Crippen molar-refractivity contribution in [3.05, 3.63) is 59.2 Å². The molecule has 0 spiro atoms. The van der Waals surface area contributed by atoms with Crippen molar-refractivity contribution in [2.75, 3.05) is 42.9 Å². The molecule has 8 heteroatoms. The highest BCUT2D eigenvalue weighted by molar-refractivity contribution is 6.07. The highest BCUT2D eigenvalue weighted by Gasteiger charge is 2.23. The molecule has 32 heavy (non-hydrogen) atoms. The number of anilines is 2. The van der Waals surface area contributed by atoms with Gasteiger partial charge in [0.1, 0.15) is 0 Å². The second kappa shape index (κ2) is 10.3. The fourth-order valence-electron chi connectivity index (χ4n) is 3.78. The van der Waals surface area contributed by atoms with Crippen LogP contribution in [0.2, 0.25) is 0 Å². The molecule has 170 valence electrons. The molecule has 1 aliphatic heterocycles. The van der Waals surface area contributed by atoms with Gasteiger partial charge in [0.2, 0.25) is 5.91 Å². The Morgan fingerprint density at radius 3 is 2.34 bits per heavy atom. The number of aromatic carboxylic acids is 1. The number of carbonyl (C=O) groups is 3. The second-order valence-electron chi connectivity index (χ2n) is 8.29. The molecule has 2 aromatic carbocycles. The largest absolute Gasteiger partial charge is 0.478 e. The second-order valence-corrected chi connectivity index (χ2v) is 8.29. The molecule has 0 saturated carbocycles. The normalized spacial score (nSPS) is 14.3. The zero-order valence-electron chi connectivity index (χ0n) is 18.7. The average Bonchev–Trinajstić information content (AvgIpc) is 2.74. The van der Waals surface area contributed by atoms with Gasteiger partial charge in [0.15, 0.2) is 0 Å². The summed E-state index contributed by atoms with van der Waals surface area (Å²) in [5.41, 5.74) is 2.72. The van der Waals surface area contributed by atoms with Crippen molar-refractivity contribution >= 4 is 29.2 Å². The minimum absolute atomic E-state index is 0.00504. The van der Waals surface area contributed by atoms with Crippen molar-refractivity contribution in [1.82, 2.24) is 10.2 Å². The van der Waals surface area contributed by atoms with Gasteiger partial charge in [0.05, 0.1) is 23.5 Å². The predicted octanol–water partition coefficient (Wildman–Crippen LogP) is 2.59. The third kappa shape index (κ3) is 5.85. The van der Waals surface area contributed by atoms with Gasteiger partial charge in [-0.1, -0.05) is 18.2 Å². The molecule has 3 rings (SSSR count). The molecule has 2 amide bonds. The van der Waals surface area contributed by atoms with Crippen LogP contribution in [-0.4, -0.2) is 66.6 Å². The van der Waals surface area contributed by atoms with E-state index in [9.17, 15) is 19.5 Å². The Balaban J connectivity index is 1.75. The van der Waals surface area contributed by atoms with E-state index in [2.05, 4.69) is 20.4 Å². The zero-order valence-corrected chi connectivity index (χ0v) is 18.7. The minimum atomic E-state index is -1.05. The fraction of sp³-hybridized carbons (Fsp3) is 0.375. The van der Waals surface area contributed by atoms with E-state index < -0.39 is 5.97 Å². The lowest BCUT2D eigenvalue weighted by molar-refractivity contribution is -0.122. The molecule has 1 aliphatic rings. The average molecular weight is 439 g/mol. The number of carbonyl (C=O) groups excluding carboxylic acids is 2. The number of rotatable bonds is 7. The van der Waals surface area contributed by atoms with E-state index in [4.69, 9.17) is 0 Å². The quantitative estimate of drug-likeness (QED) is 0.614. The lowest BCUT2D eigenvalue weighted by atomic mass is 10.1. The number of carboxylic acids is 1. The summed E-state index contributed by atoms with van der Waals surface area (Å²) in [5, 5.41) is 15.2. The van der Waals surface area contributed by atoms with Gasteiger partial charge >= 0.3 is 5.97 Å². The standard InChI is InChI=1S/C24H30N4O4/c1-16(2)25-22(29)15-27-10-12-28(13-11-27)21-9-8-18(24(31)32)14-20(21)26-23(30)19-7-5-4-6-17(19)3/h4-9,14,16H,10-13,15H2,1-3H3,(H,25,29)(H,26,30)(H,31,32). The van der Waals surface area contributed by atoms with Gasteiger partial charge in [0, 0.05) is 37.8 Å². The van der Waals surface area contributed by atoms with Crippen LogP contribution in [0.25, 0.3) is 0 Å². The molecule has 0 unspecified atom stereocenters. The lowest BCUT2D eigenvalue weighted by Crippen LogP contribution is -2.50. The molecule has 0 aromatic heterocycles. The number of amides is 2. The monoisotopic (exact) mass is 438 g/mol. The van der Waals surface area contributed by atoms with Crippen molar-refractivity contribution in [1.29, 1.82) is 0 Å². The summed E-state index contributed by atoms with van der Waals surface area (Å²) in [6.07, 6.45) is 0. The molecule has 0 bridgehead atoms. The van der Waals surface area contributed by atoms with Crippen LogP contribution in [0.15, 0.2) is 42.5 Å². The van der Waals surface area contributed by atoms with Gasteiger partial charge in [-0.25, -0.2) is 4.79 Å². The Labute approximate surface area is 188 Å². The maximum Gasteiger partial charge on any atom is 0.335 e. The van der Waals surface area contributed by atoms with Crippen molar-refractivity contribution in [2.24, 2.45) is 0 Å². The molecular formula is C24H30N4O4. The number of aryl methyl sites for hydroxylation is 1. The van der Waals surface area contributed by atoms with Crippen LogP contribution in [0.1, 0.15) is 40.1 Å². The SMILES string of the molecule is Cc1ccccc1C(=O)Nc1cc(C(=O)O)ccc1N1CCN(CC(=O)NC(C)C)CC1. The molecule has 1 saturated heterocycles. The summed E-state index contributed by atoms with van der Waals surface area (Å²) in [6.45, 7) is 8.78. The van der Waals surface area contributed by atoms with Crippen molar-refractivity contribution in [3.63, 3.8) is 0 Å². The predicted molar refractivity (Wildman–Crippen MR) is 124 cm³/mol. The number of benzene rings is 2. The third-order valence-electron chi connectivity index (χ3n) is 5.41. The number of hydrogen-bond acceptors (Lipinski definition) is 5. The van der Waals surface area contributed by atoms with Crippen LogP contribution in [0.4, 0.5) is 11.4 Å². The molecule has 1 fully saturated rings. The Hall–Kier alpha value is -3.39. The summed E-state index contributed by atoms with van der Waals surface area (Å²) in [4.78, 5) is 40.6. The van der Waals surface area contributed by atoms with Crippen LogP contribution in [-0.2, 0) is 4.79 Å². The lowest BCUT2D eigenvalue weighted by Gasteiger charge is -2.36. The number of nitrogens with zero attached hydrogens (tertiary/aromatic N) is 2. The van der Waals surface area contributed by atoms with E-state index in [0.717, 1.165) is 11.3 Å². The minimum Gasteiger partial charge on any atom is -0.478 e. The van der Waals surface area contributed by atoms with Crippen LogP contribution < -0.4 is 15.5 Å². The fourth-order valence-corrected chi connectivity index (χ4v) is 3.78. The van der Waals surface area contributed by atoms with E-state index in [0.29, 0.717) is 44.0 Å². The van der Waals surface area contributed by atoms with Gasteiger partial charge in [-0.2, -0.15) is 0 Å². The Bertz CT molecular complexity index is 997. The molecule has 3 N–H and O–H groups in total. The van der Waals surface area contributed by atoms with Crippen LogP contribution >= 0.6 is 0 Å². The van der Waals surface area contributed by atoms with E-state index >= 15 is 0 Å². The maximum absolute atomic E-state index is 12.9. The molecule has 0 aliphatic carbocycles. The van der Waals surface area contributed by atoms with E-state index in [-0.39, 0.29) is 23.4 Å². The molecule has 0 radical (unpaired) electrons. The first-order valence-electron chi connectivity index (χ1n) is 10.8. The van der Waals surface area contributed by atoms with E-state index in [1.54, 1.807) is 24.3 Å². The van der Waals surface area contributed by atoms with E-state index in [1.165, 1.54) is 6.07 Å². The summed E-state index contributed by atoms with van der Waals surface area (Å²) in [7, 11) is 0. The van der Waals surface area contributed by atoms with Crippen LogP contribution in [0, 0.1) is 6.92 Å². The number of nitrogens with one attached hydrogen (secondary N) is 2. The summed E-state index contributed by atoms with van der Waals surface area (Å²) >= 11 is 0. The van der Waals surface area contributed by atoms with Gasteiger partial charge in [0.25, 0.3) is 5.91 Å². The van der Waals surface area contributed by atoms with E-state index in [1.807, 2.05) is 32.9 Å². The van der Waals surface area contributed by atoms with Crippen molar-refractivity contribution in [3.8, 4) is 0 Å². The smallest absolute Gasteiger partial charge is 0.335 e. The first-order valence-corrected chi connectivity index (χ1v) is 10.8. The van der Waals surface area contributed by atoms with Crippen molar-refractivity contribution in [2.45, 2.75) is 26.8 Å². The maximum atomic E-state index is 12.9. The Morgan fingerprint density at radius 1 is 1.03 bits per heavy atom. The summed E-state index contributed by atoms with van der Waals surface area (Å²) < 4.78 is 0. The first-order chi connectivity index (χ1) is 15.2. The van der Waals surface area contributed by atoms with Crippen molar-refractivity contribution < 1.29 is 19.5 Å². The van der Waals surface area contributed by atoms with Gasteiger partial charge < -0.3 is 20.6 Å². The molecule has 0 atom stereocenters. The first kappa shape index (κ1) is 23.3. The highest BCUT2D eigenvalue weighted by Crippen LogP contribution is 2.29. The highest BCUT2D eigenvalue weighted by atomic mass is 16.4. The third-order valence-corrected chi connectivity index (χ3v) is 5.41. The van der Waals surface area contributed by atoms with Gasteiger partial charge in [-0.15, -0.1) is 0 Å². The number of carboxylic acid groups (broad SMARTS) is 1. The summed E-state index contributed by atoms with van der Waals surface area (Å²) in [5.74, 6) is -1.33. The number of hydrogen-bond donors (Lipinski definition) is 3. The van der Waals surface area contributed by atoms with Gasteiger partial charge in [-0.3, -0.25) is 14.5 Å². The van der Waals surface area contributed by atoms with Crippen LogP contribution in [0.3, 0.4) is 0 Å². The molecule has 1 heterocycles. The molecular weight excluding hydrogens is 408 g/mol. The Morgan fingerprint density at radius 2 is 1.72 bits per heavy atom. The topological polar surface area (TPSA) is 102 Å².